The van der Waals surface area contributed by atoms with Crippen LogP contribution in [0.2, 0.25) is 0 Å². The highest BCUT2D eigenvalue weighted by Crippen LogP contribution is 2.32. The lowest BCUT2D eigenvalue weighted by molar-refractivity contribution is 0.286. The minimum Gasteiger partial charge on any atom is -0.383 e. The third-order valence-corrected chi connectivity index (χ3v) is 3.76. The van der Waals surface area contributed by atoms with Gasteiger partial charge in [-0.1, -0.05) is 32.6 Å². The molecule has 100 valence electrons. The summed E-state index contributed by atoms with van der Waals surface area (Å²) in [5.74, 6) is 0.899. The summed E-state index contributed by atoms with van der Waals surface area (Å²) >= 11 is 0. The number of nitrogens with one attached hydrogen (secondary N) is 1. The van der Waals surface area contributed by atoms with E-state index in [1.54, 1.807) is 0 Å². The Kier molecular flexibility index (Phi) is 3.71. The number of aromatic nitrogens is 2. The second-order valence-corrected chi connectivity index (χ2v) is 5.25. The average Bonchev–Trinajstić information content (AvgIpc) is 2.34. The van der Waals surface area contributed by atoms with Crippen molar-refractivity contribution < 1.29 is 0 Å². The van der Waals surface area contributed by atoms with E-state index < -0.39 is 5.54 Å². The highest BCUT2D eigenvalue weighted by molar-refractivity contribution is 5.38. The van der Waals surface area contributed by atoms with Crippen molar-refractivity contribution in [1.29, 1.82) is 0 Å². The number of nitrogen functional groups attached to an aromatic ring is 1. The number of H-pyrrole nitrogens is 1. The summed E-state index contributed by atoms with van der Waals surface area (Å²) in [6.07, 6.45) is 6.62. The van der Waals surface area contributed by atoms with Crippen LogP contribution in [0, 0.1) is 0 Å². The van der Waals surface area contributed by atoms with E-state index in [0.29, 0.717) is 23.6 Å². The van der Waals surface area contributed by atoms with E-state index in [-0.39, 0.29) is 5.56 Å². The number of anilines is 1. The van der Waals surface area contributed by atoms with Crippen molar-refractivity contribution in [2.45, 2.75) is 57.4 Å². The maximum atomic E-state index is 12.0. The first-order chi connectivity index (χ1) is 8.57. The lowest BCUT2D eigenvalue weighted by atomic mass is 9.82. The Labute approximate surface area is 107 Å². The van der Waals surface area contributed by atoms with Crippen molar-refractivity contribution in [2.75, 3.05) is 5.73 Å². The first-order valence-electron chi connectivity index (χ1n) is 6.75. The second-order valence-electron chi connectivity index (χ2n) is 5.25. The van der Waals surface area contributed by atoms with Gasteiger partial charge < -0.3 is 16.5 Å². The predicted octanol–water partition coefficient (Wildman–Crippen LogP) is 1.42. The predicted molar refractivity (Wildman–Crippen MR) is 72.2 cm³/mol. The van der Waals surface area contributed by atoms with Crippen LogP contribution in [0.4, 0.5) is 5.82 Å². The maximum Gasteiger partial charge on any atom is 0.256 e. The molecule has 0 radical (unpaired) electrons. The molecule has 0 bridgehead atoms. The standard InChI is InChI=1S/C13H22N4O/c1-2-6-9-10(14)16-12(17-11(9)18)13(15)7-4-3-5-8-13/h2-8,15H2,1H3,(H3,14,16,17,18). The molecule has 1 aliphatic rings. The van der Waals surface area contributed by atoms with Gasteiger partial charge in [-0.15, -0.1) is 0 Å². The molecule has 5 N–H and O–H groups in total. The molecule has 1 aliphatic carbocycles. The molecular weight excluding hydrogens is 228 g/mol. The first-order valence-corrected chi connectivity index (χ1v) is 6.75. The van der Waals surface area contributed by atoms with Gasteiger partial charge in [0.25, 0.3) is 5.56 Å². The van der Waals surface area contributed by atoms with Gasteiger partial charge >= 0.3 is 0 Å². The summed E-state index contributed by atoms with van der Waals surface area (Å²) in [4.78, 5) is 19.2. The third kappa shape index (κ3) is 2.41. The fourth-order valence-electron chi connectivity index (χ4n) is 2.66. The van der Waals surface area contributed by atoms with Gasteiger partial charge in [-0.25, -0.2) is 4.98 Å². The van der Waals surface area contributed by atoms with Crippen molar-refractivity contribution in [3.05, 3.63) is 21.7 Å². The maximum absolute atomic E-state index is 12.0. The van der Waals surface area contributed by atoms with Gasteiger partial charge in [0.1, 0.15) is 11.6 Å². The minimum atomic E-state index is -0.504. The molecule has 2 rings (SSSR count). The summed E-state index contributed by atoms with van der Waals surface area (Å²) in [5.41, 5.74) is 12.2. The summed E-state index contributed by atoms with van der Waals surface area (Å²) in [6.45, 7) is 2.01. The zero-order valence-electron chi connectivity index (χ0n) is 11.0. The molecule has 1 aromatic heterocycles. The Balaban J connectivity index is 2.38. The second kappa shape index (κ2) is 5.10. The summed E-state index contributed by atoms with van der Waals surface area (Å²) in [5, 5.41) is 0. The van der Waals surface area contributed by atoms with Gasteiger partial charge in [0.05, 0.1) is 11.1 Å². The summed E-state index contributed by atoms with van der Waals surface area (Å²) < 4.78 is 0. The van der Waals surface area contributed by atoms with Crippen LogP contribution < -0.4 is 17.0 Å². The smallest absolute Gasteiger partial charge is 0.256 e. The Morgan fingerprint density at radius 1 is 1.33 bits per heavy atom. The van der Waals surface area contributed by atoms with E-state index in [4.69, 9.17) is 11.5 Å². The van der Waals surface area contributed by atoms with Crippen molar-refractivity contribution in [1.82, 2.24) is 9.97 Å². The van der Waals surface area contributed by atoms with Gasteiger partial charge in [0.2, 0.25) is 0 Å². The van der Waals surface area contributed by atoms with E-state index in [1.807, 2.05) is 6.92 Å². The molecule has 0 saturated heterocycles. The fourth-order valence-corrected chi connectivity index (χ4v) is 2.66. The monoisotopic (exact) mass is 250 g/mol. The normalized spacial score (nSPS) is 18.8. The minimum absolute atomic E-state index is 0.130. The molecular formula is C13H22N4O. The van der Waals surface area contributed by atoms with Crippen molar-refractivity contribution in [2.24, 2.45) is 5.73 Å². The lowest BCUT2D eigenvalue weighted by Gasteiger charge is -2.32. The zero-order chi connectivity index (χ0) is 13.2. The van der Waals surface area contributed by atoms with E-state index in [1.165, 1.54) is 6.42 Å². The first kappa shape index (κ1) is 13.1. The van der Waals surface area contributed by atoms with E-state index in [0.717, 1.165) is 32.1 Å². The van der Waals surface area contributed by atoms with Crippen molar-refractivity contribution in [3.8, 4) is 0 Å². The van der Waals surface area contributed by atoms with Crippen LogP contribution in [-0.2, 0) is 12.0 Å². The summed E-state index contributed by atoms with van der Waals surface area (Å²) in [7, 11) is 0. The average molecular weight is 250 g/mol. The van der Waals surface area contributed by atoms with Crippen LogP contribution in [0.3, 0.4) is 0 Å². The number of aromatic amines is 1. The highest BCUT2D eigenvalue weighted by Gasteiger charge is 2.32. The fraction of sp³-hybridized carbons (Fsp3) is 0.692. The van der Waals surface area contributed by atoms with E-state index in [2.05, 4.69) is 9.97 Å². The van der Waals surface area contributed by atoms with Crippen molar-refractivity contribution >= 4 is 5.82 Å². The molecule has 0 aliphatic heterocycles. The molecule has 1 aromatic rings. The molecule has 5 heteroatoms. The van der Waals surface area contributed by atoms with Crippen LogP contribution in [-0.4, -0.2) is 9.97 Å². The van der Waals surface area contributed by atoms with Crippen LogP contribution in [0.1, 0.15) is 56.8 Å². The SMILES string of the molecule is CCCc1c(N)nc(C2(N)CCCCC2)[nH]c1=O. The zero-order valence-corrected chi connectivity index (χ0v) is 11.0. The number of hydrogen-bond donors (Lipinski definition) is 3. The number of nitrogens with zero attached hydrogens (tertiary/aromatic N) is 1. The Morgan fingerprint density at radius 2 is 2.00 bits per heavy atom. The van der Waals surface area contributed by atoms with Crippen LogP contribution in [0.5, 0.6) is 0 Å². The van der Waals surface area contributed by atoms with Gasteiger partial charge in [0, 0.05) is 0 Å². The Hall–Kier alpha value is -1.36. The largest absolute Gasteiger partial charge is 0.383 e. The van der Waals surface area contributed by atoms with Crippen LogP contribution >= 0.6 is 0 Å². The molecule has 0 unspecified atom stereocenters. The molecule has 0 atom stereocenters. The molecule has 1 saturated carbocycles. The molecule has 1 fully saturated rings. The Morgan fingerprint density at radius 3 is 2.56 bits per heavy atom. The molecule has 0 spiro atoms. The number of rotatable bonds is 3. The van der Waals surface area contributed by atoms with E-state index in [9.17, 15) is 4.79 Å². The van der Waals surface area contributed by atoms with E-state index >= 15 is 0 Å². The highest BCUT2D eigenvalue weighted by atomic mass is 16.1. The van der Waals surface area contributed by atoms with Gasteiger partial charge in [-0.3, -0.25) is 4.79 Å². The number of nitrogens with two attached hydrogens (primary N) is 2. The van der Waals surface area contributed by atoms with Gasteiger partial charge in [-0.05, 0) is 19.3 Å². The lowest BCUT2D eigenvalue weighted by Crippen LogP contribution is -2.42. The van der Waals surface area contributed by atoms with Crippen molar-refractivity contribution in [3.63, 3.8) is 0 Å². The molecule has 0 amide bonds. The van der Waals surface area contributed by atoms with Crippen LogP contribution in [0.25, 0.3) is 0 Å². The molecule has 5 nitrogen and oxygen atoms in total. The molecule has 0 aromatic carbocycles. The van der Waals surface area contributed by atoms with Crippen LogP contribution in [0.15, 0.2) is 4.79 Å². The third-order valence-electron chi connectivity index (χ3n) is 3.76. The number of hydrogen-bond acceptors (Lipinski definition) is 4. The topological polar surface area (TPSA) is 97.8 Å². The molecule has 18 heavy (non-hydrogen) atoms. The Bertz CT molecular complexity index is 474. The quantitative estimate of drug-likeness (QED) is 0.755. The molecule has 1 heterocycles. The van der Waals surface area contributed by atoms with Gasteiger partial charge in [-0.2, -0.15) is 0 Å². The van der Waals surface area contributed by atoms with Gasteiger partial charge in [0.15, 0.2) is 0 Å². The summed E-state index contributed by atoms with van der Waals surface area (Å²) in [6, 6.07) is 0.